The van der Waals surface area contributed by atoms with Gasteiger partial charge in [-0.2, -0.15) is 0 Å². The predicted octanol–water partition coefficient (Wildman–Crippen LogP) is 7.68. The third kappa shape index (κ3) is 3.85. The summed E-state index contributed by atoms with van der Waals surface area (Å²) in [5.41, 5.74) is 7.37. The topological polar surface area (TPSA) is 26.0 Å². The maximum absolute atomic E-state index is 6.08. The van der Waals surface area contributed by atoms with E-state index in [-0.39, 0.29) is 0 Å². The second-order valence-electron chi connectivity index (χ2n) is 13.1. The average Bonchev–Trinajstić information content (AvgIpc) is 3.04. The summed E-state index contributed by atoms with van der Waals surface area (Å²) in [6, 6.07) is 0. The first kappa shape index (κ1) is 22.2. The Morgan fingerprint density at radius 2 is 1.55 bits per heavy atom. The summed E-state index contributed by atoms with van der Waals surface area (Å²) in [5.74, 6) is 7.69. The Kier molecular flexibility index (Phi) is 6.48. The van der Waals surface area contributed by atoms with E-state index >= 15 is 0 Å². The van der Waals surface area contributed by atoms with E-state index in [9.17, 15) is 0 Å². The lowest BCUT2D eigenvalue weighted by atomic mass is 9.44. The molecule has 2 unspecified atom stereocenters. The van der Waals surface area contributed by atoms with Gasteiger partial charge in [0, 0.05) is 0 Å². The number of nitrogens with two attached hydrogens (primary N) is 1. The van der Waals surface area contributed by atoms with Gasteiger partial charge in [0.15, 0.2) is 0 Å². The fraction of sp³-hybridized carbons (Fsp3) is 1.00. The first-order valence-corrected chi connectivity index (χ1v) is 13.5. The van der Waals surface area contributed by atoms with E-state index in [1.807, 2.05) is 0 Å². The van der Waals surface area contributed by atoms with Crippen LogP contribution in [0.25, 0.3) is 0 Å². The number of hydrogen-bond acceptors (Lipinski definition) is 1. The molecule has 0 spiro atoms. The van der Waals surface area contributed by atoms with Crippen LogP contribution in [0.4, 0.5) is 0 Å². The first-order valence-electron chi connectivity index (χ1n) is 13.5. The zero-order chi connectivity index (χ0) is 20.8. The lowest BCUT2D eigenvalue weighted by molar-refractivity contribution is -0.120. The molecular formula is C28H51N. The molecule has 4 rings (SSSR count). The first-order chi connectivity index (χ1) is 13.8. The van der Waals surface area contributed by atoms with Crippen molar-refractivity contribution in [1.82, 2.24) is 0 Å². The van der Waals surface area contributed by atoms with E-state index in [0.29, 0.717) is 10.8 Å². The summed E-state index contributed by atoms with van der Waals surface area (Å²) >= 11 is 0. The van der Waals surface area contributed by atoms with E-state index in [0.717, 1.165) is 53.9 Å². The molecule has 29 heavy (non-hydrogen) atoms. The van der Waals surface area contributed by atoms with Crippen molar-refractivity contribution in [2.75, 3.05) is 6.54 Å². The molecule has 0 heterocycles. The van der Waals surface area contributed by atoms with Gasteiger partial charge in [0.2, 0.25) is 0 Å². The highest BCUT2D eigenvalue weighted by Crippen LogP contribution is 2.68. The number of fused-ring (bicyclic) bond motifs is 5. The molecule has 0 amide bonds. The summed E-state index contributed by atoms with van der Waals surface area (Å²) in [6.07, 6.45) is 17.8. The molecule has 4 aliphatic carbocycles. The minimum atomic E-state index is 0.636. The maximum Gasteiger partial charge on any atom is -0.00488 e. The molecule has 0 aromatic heterocycles. The second-order valence-corrected chi connectivity index (χ2v) is 13.1. The Bertz CT molecular complexity index is 555. The van der Waals surface area contributed by atoms with Crippen LogP contribution in [0.1, 0.15) is 112 Å². The molecule has 4 aliphatic rings. The normalized spacial score (nSPS) is 48.1. The van der Waals surface area contributed by atoms with Gasteiger partial charge in [0.25, 0.3) is 0 Å². The lowest BCUT2D eigenvalue weighted by Crippen LogP contribution is -2.54. The molecule has 0 radical (unpaired) electrons. The van der Waals surface area contributed by atoms with E-state index < -0.39 is 0 Å². The predicted molar refractivity (Wildman–Crippen MR) is 126 cm³/mol. The van der Waals surface area contributed by atoms with Gasteiger partial charge >= 0.3 is 0 Å². The van der Waals surface area contributed by atoms with Gasteiger partial charge < -0.3 is 5.73 Å². The largest absolute Gasteiger partial charge is 0.330 e. The zero-order valence-electron chi connectivity index (χ0n) is 20.4. The fourth-order valence-electron chi connectivity index (χ4n) is 9.59. The molecular weight excluding hydrogens is 350 g/mol. The Morgan fingerprint density at radius 1 is 0.828 bits per heavy atom. The Hall–Kier alpha value is -0.0400. The molecule has 0 bridgehead atoms. The van der Waals surface area contributed by atoms with E-state index in [1.165, 1.54) is 70.6 Å². The molecule has 0 aliphatic heterocycles. The Morgan fingerprint density at radius 3 is 2.28 bits per heavy atom. The number of rotatable bonds is 6. The zero-order valence-corrected chi connectivity index (χ0v) is 20.4. The van der Waals surface area contributed by atoms with Gasteiger partial charge in [0.1, 0.15) is 0 Å². The highest BCUT2D eigenvalue weighted by atomic mass is 14.7. The van der Waals surface area contributed by atoms with Gasteiger partial charge in [-0.05, 0) is 123 Å². The monoisotopic (exact) mass is 401 g/mol. The standard InChI is InChI=1S/C28H51N/c1-19(2)7-6-8-20(3)24-11-12-25-23-10-9-22-17-21(18-29)13-15-27(22,4)26(23)14-16-28(24,25)5/h19-26H,6-18,29H2,1-5H3/t20-,21?,22?,23+,24-,25+,26+,27+,28-/m1/s1. The molecule has 9 atom stereocenters. The summed E-state index contributed by atoms with van der Waals surface area (Å²) < 4.78 is 0. The highest BCUT2D eigenvalue weighted by Gasteiger charge is 2.60. The SMILES string of the molecule is CC(C)CCC[C@@H](C)[C@H]1CC[C@H]2[C@@H]3CCC4CC(CN)CC[C@]4(C)[C@H]3CC[C@]12C. The van der Waals surface area contributed by atoms with Crippen LogP contribution in [0, 0.1) is 58.2 Å². The molecule has 1 heteroatoms. The van der Waals surface area contributed by atoms with Gasteiger partial charge in [-0.25, -0.2) is 0 Å². The van der Waals surface area contributed by atoms with Gasteiger partial charge in [0.05, 0.1) is 0 Å². The van der Waals surface area contributed by atoms with Crippen molar-refractivity contribution in [2.24, 2.45) is 63.9 Å². The summed E-state index contributed by atoms with van der Waals surface area (Å²) in [7, 11) is 0. The Balaban J connectivity index is 1.45. The van der Waals surface area contributed by atoms with Gasteiger partial charge in [-0.1, -0.05) is 53.9 Å². The van der Waals surface area contributed by atoms with Crippen molar-refractivity contribution in [1.29, 1.82) is 0 Å². The molecule has 4 fully saturated rings. The third-order valence-electron chi connectivity index (χ3n) is 11.3. The summed E-state index contributed by atoms with van der Waals surface area (Å²) in [6.45, 7) is 13.8. The van der Waals surface area contributed by atoms with Gasteiger partial charge in [-0.3, -0.25) is 0 Å². The minimum Gasteiger partial charge on any atom is -0.330 e. The van der Waals surface area contributed by atoms with Crippen LogP contribution >= 0.6 is 0 Å². The molecule has 168 valence electrons. The second kappa shape index (κ2) is 8.48. The highest BCUT2D eigenvalue weighted by molar-refractivity contribution is 5.09. The van der Waals surface area contributed by atoms with Crippen LogP contribution < -0.4 is 5.73 Å². The van der Waals surface area contributed by atoms with Crippen LogP contribution in [-0.4, -0.2) is 6.54 Å². The molecule has 0 saturated heterocycles. The van der Waals surface area contributed by atoms with Crippen LogP contribution in [0.3, 0.4) is 0 Å². The number of hydrogen-bond donors (Lipinski definition) is 1. The van der Waals surface area contributed by atoms with Crippen molar-refractivity contribution >= 4 is 0 Å². The van der Waals surface area contributed by atoms with Crippen molar-refractivity contribution in [3.05, 3.63) is 0 Å². The van der Waals surface area contributed by atoms with E-state index in [4.69, 9.17) is 5.73 Å². The molecule has 0 aromatic carbocycles. The summed E-state index contributed by atoms with van der Waals surface area (Å²) in [5, 5.41) is 0. The van der Waals surface area contributed by atoms with Crippen LogP contribution in [0.15, 0.2) is 0 Å². The average molecular weight is 402 g/mol. The molecule has 2 N–H and O–H groups in total. The summed E-state index contributed by atoms with van der Waals surface area (Å²) in [4.78, 5) is 0. The van der Waals surface area contributed by atoms with Crippen LogP contribution in [0.2, 0.25) is 0 Å². The van der Waals surface area contributed by atoms with Crippen LogP contribution in [-0.2, 0) is 0 Å². The Labute approximate surface area is 182 Å². The maximum atomic E-state index is 6.08. The fourth-order valence-corrected chi connectivity index (χ4v) is 9.59. The third-order valence-corrected chi connectivity index (χ3v) is 11.3. The van der Waals surface area contributed by atoms with E-state index in [2.05, 4.69) is 34.6 Å². The smallest absolute Gasteiger partial charge is 0.00488 e. The molecule has 0 aromatic rings. The van der Waals surface area contributed by atoms with Gasteiger partial charge in [-0.15, -0.1) is 0 Å². The quantitative estimate of drug-likeness (QED) is 0.485. The minimum absolute atomic E-state index is 0.636. The van der Waals surface area contributed by atoms with Crippen LogP contribution in [0.5, 0.6) is 0 Å². The lowest BCUT2D eigenvalue weighted by Gasteiger charge is -2.61. The molecule has 4 saturated carbocycles. The van der Waals surface area contributed by atoms with Crippen molar-refractivity contribution in [3.63, 3.8) is 0 Å². The van der Waals surface area contributed by atoms with E-state index in [1.54, 1.807) is 6.42 Å². The van der Waals surface area contributed by atoms with Crippen molar-refractivity contribution in [2.45, 2.75) is 112 Å². The van der Waals surface area contributed by atoms with Crippen molar-refractivity contribution < 1.29 is 0 Å². The van der Waals surface area contributed by atoms with Crippen molar-refractivity contribution in [3.8, 4) is 0 Å². The molecule has 1 nitrogen and oxygen atoms in total.